The third-order valence-corrected chi connectivity index (χ3v) is 7.76. The molecule has 2 aliphatic rings. The molecular weight excluding hydrogens is 355 g/mol. The Morgan fingerprint density at radius 2 is 1.00 bits per heavy atom. The van der Waals surface area contributed by atoms with E-state index in [9.17, 15) is 0 Å². The molecule has 2 aliphatic carbocycles. The predicted molar refractivity (Wildman–Crippen MR) is 125 cm³/mol. The van der Waals surface area contributed by atoms with Gasteiger partial charge in [-0.15, -0.1) is 9.24 Å². The van der Waals surface area contributed by atoms with E-state index in [2.05, 4.69) is 69.9 Å². The fraction of sp³-hybridized carbons (Fsp3) is 0.481. The fourth-order valence-corrected chi connectivity index (χ4v) is 6.63. The van der Waals surface area contributed by atoms with Crippen molar-refractivity contribution >= 4 is 14.8 Å². The van der Waals surface area contributed by atoms with Gasteiger partial charge in [-0.25, -0.2) is 0 Å². The van der Waals surface area contributed by atoms with Gasteiger partial charge >= 0.3 is 0 Å². The Morgan fingerprint density at radius 3 is 1.39 bits per heavy atom. The molecule has 2 saturated carbocycles. The smallest absolute Gasteiger partial charge is 0.00769 e. The van der Waals surface area contributed by atoms with Gasteiger partial charge in [0.15, 0.2) is 0 Å². The van der Waals surface area contributed by atoms with Crippen LogP contribution in [0.25, 0.3) is 5.57 Å². The van der Waals surface area contributed by atoms with Crippen LogP contribution in [0, 0.1) is 17.8 Å². The maximum Gasteiger partial charge on any atom is -0.00769 e. The number of rotatable bonds is 5. The Morgan fingerprint density at radius 1 is 0.607 bits per heavy atom. The quantitative estimate of drug-likeness (QED) is 0.452. The normalized spacial score (nSPS) is 18.9. The molecule has 0 spiro atoms. The minimum atomic E-state index is 0.723. The van der Waals surface area contributed by atoms with Crippen molar-refractivity contribution < 1.29 is 0 Å². The first kappa shape index (κ1) is 19.9. The van der Waals surface area contributed by atoms with E-state index in [1.165, 1.54) is 80.9 Å². The van der Waals surface area contributed by atoms with Crippen LogP contribution >= 0.6 is 9.24 Å². The van der Waals surface area contributed by atoms with Crippen LogP contribution in [0.5, 0.6) is 0 Å². The van der Waals surface area contributed by atoms with E-state index in [0.717, 1.165) is 17.8 Å². The molecule has 0 amide bonds. The van der Waals surface area contributed by atoms with Crippen molar-refractivity contribution in [1.82, 2.24) is 0 Å². The summed E-state index contributed by atoms with van der Waals surface area (Å²) in [4.78, 5) is 0. The predicted octanol–water partition coefficient (Wildman–Crippen LogP) is 8.10. The summed E-state index contributed by atoms with van der Waals surface area (Å²) in [5.41, 5.74) is 4.21. The van der Waals surface area contributed by atoms with Crippen LogP contribution in [0.1, 0.15) is 75.3 Å². The second-order valence-electron chi connectivity index (χ2n) is 8.88. The first-order chi connectivity index (χ1) is 13.8. The van der Waals surface area contributed by atoms with E-state index >= 15 is 0 Å². The van der Waals surface area contributed by atoms with Crippen LogP contribution < -0.4 is 0 Å². The number of hydrogen-bond donors (Lipinski definition) is 0. The van der Waals surface area contributed by atoms with Gasteiger partial charge in [0.1, 0.15) is 0 Å². The maximum absolute atomic E-state index is 3.26. The molecule has 2 aromatic rings. The van der Waals surface area contributed by atoms with Crippen LogP contribution in [0.15, 0.2) is 66.0 Å². The third kappa shape index (κ3) is 4.60. The summed E-state index contributed by atoms with van der Waals surface area (Å²) in [6.45, 7) is 0. The van der Waals surface area contributed by atoms with Gasteiger partial charge in [-0.1, -0.05) is 99.2 Å². The van der Waals surface area contributed by atoms with E-state index in [1.54, 1.807) is 5.31 Å². The molecule has 2 fully saturated rings. The third-order valence-electron chi connectivity index (χ3n) is 7.09. The molecule has 1 unspecified atom stereocenters. The zero-order valence-corrected chi connectivity index (χ0v) is 18.3. The minimum Gasteiger partial charge on any atom is -0.109 e. The molecule has 148 valence electrons. The second-order valence-corrected chi connectivity index (χ2v) is 9.51. The second kappa shape index (κ2) is 9.89. The lowest BCUT2D eigenvalue weighted by Crippen LogP contribution is -2.28. The molecule has 1 heteroatoms. The first-order valence-corrected chi connectivity index (χ1v) is 12.0. The lowest BCUT2D eigenvalue weighted by Gasteiger charge is -2.39. The molecule has 0 bridgehead atoms. The van der Waals surface area contributed by atoms with Crippen molar-refractivity contribution in [3.8, 4) is 0 Å². The van der Waals surface area contributed by atoms with E-state index in [0.29, 0.717) is 0 Å². The molecule has 2 aromatic carbocycles. The molecule has 0 aromatic heterocycles. The first-order valence-electron chi connectivity index (χ1n) is 11.4. The lowest BCUT2D eigenvalue weighted by molar-refractivity contribution is 0.179. The summed E-state index contributed by atoms with van der Waals surface area (Å²) in [7, 11) is 3.26. The van der Waals surface area contributed by atoms with Gasteiger partial charge in [-0.05, 0) is 65.5 Å². The van der Waals surface area contributed by atoms with Gasteiger partial charge in [0.25, 0.3) is 0 Å². The highest BCUT2D eigenvalue weighted by atomic mass is 31.0. The fourth-order valence-electron chi connectivity index (χ4n) is 5.76. The molecule has 4 rings (SSSR count). The lowest BCUT2D eigenvalue weighted by atomic mass is 9.68. The molecule has 0 heterocycles. The Bertz CT molecular complexity index is 690. The monoisotopic (exact) mass is 390 g/mol. The molecule has 0 aliphatic heterocycles. The Balaban J connectivity index is 1.81. The standard InChI is InChI=1S/C27H35P/c28-27(25(21-13-5-1-6-14-21)22-15-7-2-8-16-22)26(23-17-9-3-10-18-23)24-19-11-4-12-20-24/h1-2,5-8,13-16,23-24,26H,3-4,9-12,17-20,28H2. The van der Waals surface area contributed by atoms with Crippen molar-refractivity contribution in [1.29, 1.82) is 0 Å². The molecule has 28 heavy (non-hydrogen) atoms. The van der Waals surface area contributed by atoms with Crippen molar-refractivity contribution in [3.05, 3.63) is 77.1 Å². The number of allylic oxidation sites excluding steroid dienone is 1. The van der Waals surface area contributed by atoms with Crippen molar-refractivity contribution in [2.24, 2.45) is 17.8 Å². The van der Waals surface area contributed by atoms with Crippen molar-refractivity contribution in [2.45, 2.75) is 64.2 Å². The zero-order chi connectivity index (χ0) is 19.2. The van der Waals surface area contributed by atoms with Crippen LogP contribution in [0.4, 0.5) is 0 Å². The van der Waals surface area contributed by atoms with Crippen LogP contribution in [0.2, 0.25) is 0 Å². The Labute approximate surface area is 174 Å². The van der Waals surface area contributed by atoms with Gasteiger partial charge in [0, 0.05) is 0 Å². The van der Waals surface area contributed by atoms with E-state index in [1.807, 2.05) is 0 Å². The van der Waals surface area contributed by atoms with Gasteiger partial charge in [0.2, 0.25) is 0 Å². The topological polar surface area (TPSA) is 0 Å². The minimum absolute atomic E-state index is 0.723. The highest BCUT2D eigenvalue weighted by Gasteiger charge is 2.34. The van der Waals surface area contributed by atoms with Gasteiger partial charge in [-0.3, -0.25) is 0 Å². The average Bonchev–Trinajstić information content (AvgIpc) is 2.77. The average molecular weight is 391 g/mol. The van der Waals surface area contributed by atoms with Crippen molar-refractivity contribution in [2.75, 3.05) is 0 Å². The Hall–Kier alpha value is -1.39. The summed E-state index contributed by atoms with van der Waals surface area (Å²) in [5.74, 6) is 2.46. The highest BCUT2D eigenvalue weighted by molar-refractivity contribution is 7.23. The molecule has 0 saturated heterocycles. The molecular formula is C27H35P. The Kier molecular flexibility index (Phi) is 7.03. The summed E-state index contributed by atoms with van der Waals surface area (Å²) < 4.78 is 0. The van der Waals surface area contributed by atoms with Gasteiger partial charge in [-0.2, -0.15) is 0 Å². The number of benzene rings is 2. The van der Waals surface area contributed by atoms with Crippen LogP contribution in [0.3, 0.4) is 0 Å². The van der Waals surface area contributed by atoms with Crippen LogP contribution in [-0.4, -0.2) is 0 Å². The SMILES string of the molecule is PC(=C(c1ccccc1)c1ccccc1)C(C1CCCCC1)C1CCCCC1. The van der Waals surface area contributed by atoms with E-state index in [-0.39, 0.29) is 0 Å². The summed E-state index contributed by atoms with van der Waals surface area (Å²) in [6, 6.07) is 22.2. The molecule has 1 atom stereocenters. The van der Waals surface area contributed by atoms with Gasteiger partial charge < -0.3 is 0 Å². The number of hydrogen-bond acceptors (Lipinski definition) is 0. The van der Waals surface area contributed by atoms with E-state index in [4.69, 9.17) is 0 Å². The molecule has 0 N–H and O–H groups in total. The molecule has 0 nitrogen and oxygen atoms in total. The summed E-state index contributed by atoms with van der Waals surface area (Å²) in [6.07, 6.45) is 14.3. The van der Waals surface area contributed by atoms with E-state index < -0.39 is 0 Å². The highest BCUT2D eigenvalue weighted by Crippen LogP contribution is 2.48. The summed E-state index contributed by atoms with van der Waals surface area (Å²) in [5, 5.41) is 1.58. The molecule has 0 radical (unpaired) electrons. The van der Waals surface area contributed by atoms with Crippen LogP contribution in [-0.2, 0) is 0 Å². The largest absolute Gasteiger partial charge is 0.109 e. The summed E-state index contributed by atoms with van der Waals surface area (Å²) >= 11 is 0. The zero-order valence-electron chi connectivity index (χ0n) is 17.2. The van der Waals surface area contributed by atoms with Crippen molar-refractivity contribution in [3.63, 3.8) is 0 Å². The van der Waals surface area contributed by atoms with Gasteiger partial charge in [0.05, 0.1) is 0 Å². The maximum atomic E-state index is 3.26.